The van der Waals surface area contributed by atoms with E-state index in [2.05, 4.69) is 5.48 Å². The minimum absolute atomic E-state index is 0.103. The molecule has 0 heterocycles. The van der Waals surface area contributed by atoms with Gasteiger partial charge in [-0.1, -0.05) is 13.8 Å². The van der Waals surface area contributed by atoms with Gasteiger partial charge in [0.2, 0.25) is 0 Å². The summed E-state index contributed by atoms with van der Waals surface area (Å²) in [6.07, 6.45) is 0. The van der Waals surface area contributed by atoms with E-state index in [1.165, 1.54) is 0 Å². The molecule has 3 N–H and O–H groups in total. The Bertz CT molecular complexity index is 150. The van der Waals surface area contributed by atoms with Crippen LogP contribution in [0.4, 0.5) is 0 Å². The van der Waals surface area contributed by atoms with Gasteiger partial charge in [-0.2, -0.15) is 0 Å². The molecular formula is C8H18N2O3. The molecule has 0 aliphatic heterocycles. The average molecular weight is 190 g/mol. The Morgan fingerprint density at radius 2 is 2.08 bits per heavy atom. The molecule has 0 rings (SSSR count). The van der Waals surface area contributed by atoms with Gasteiger partial charge in [-0.25, -0.2) is 5.48 Å². The molecule has 78 valence electrons. The standard InChI is InChI=1S/C8H18N2O3/c1-6(2)7(9)8(11)10-13-5-4-12-3/h6-7H,4-5,9H2,1-3H3,(H,10,11)/t7-/m1/s1. The van der Waals surface area contributed by atoms with E-state index < -0.39 is 6.04 Å². The summed E-state index contributed by atoms with van der Waals surface area (Å²) in [6.45, 7) is 4.52. The Morgan fingerprint density at radius 3 is 2.54 bits per heavy atom. The van der Waals surface area contributed by atoms with Gasteiger partial charge in [0.1, 0.15) is 0 Å². The molecular weight excluding hydrogens is 172 g/mol. The molecule has 0 saturated heterocycles. The first-order valence-corrected chi connectivity index (χ1v) is 4.25. The number of hydrogen-bond acceptors (Lipinski definition) is 4. The van der Waals surface area contributed by atoms with E-state index in [0.29, 0.717) is 13.2 Å². The molecule has 0 fully saturated rings. The lowest BCUT2D eigenvalue weighted by atomic mass is 10.1. The highest BCUT2D eigenvalue weighted by Gasteiger charge is 2.16. The topological polar surface area (TPSA) is 73.6 Å². The van der Waals surface area contributed by atoms with Crippen LogP contribution in [0.15, 0.2) is 0 Å². The first-order valence-electron chi connectivity index (χ1n) is 4.25. The highest BCUT2D eigenvalue weighted by molar-refractivity contribution is 5.80. The van der Waals surface area contributed by atoms with Gasteiger partial charge in [0, 0.05) is 7.11 Å². The Labute approximate surface area is 78.5 Å². The number of hydrogen-bond donors (Lipinski definition) is 2. The van der Waals surface area contributed by atoms with Gasteiger partial charge < -0.3 is 10.5 Å². The maximum absolute atomic E-state index is 11.1. The molecule has 0 aromatic carbocycles. The van der Waals surface area contributed by atoms with Gasteiger partial charge in [0.05, 0.1) is 19.3 Å². The number of amides is 1. The molecule has 5 nitrogen and oxygen atoms in total. The van der Waals surface area contributed by atoms with Crippen molar-refractivity contribution in [1.29, 1.82) is 0 Å². The Hall–Kier alpha value is -0.650. The van der Waals surface area contributed by atoms with Crippen molar-refractivity contribution in [3.63, 3.8) is 0 Å². The third-order valence-electron chi connectivity index (χ3n) is 1.58. The molecule has 0 radical (unpaired) electrons. The summed E-state index contributed by atoms with van der Waals surface area (Å²) >= 11 is 0. The Balaban J connectivity index is 3.50. The van der Waals surface area contributed by atoms with E-state index in [1.54, 1.807) is 7.11 Å². The summed E-state index contributed by atoms with van der Waals surface area (Å²) in [6, 6.07) is -0.525. The van der Waals surface area contributed by atoms with E-state index in [0.717, 1.165) is 0 Å². The molecule has 1 amide bonds. The fraction of sp³-hybridized carbons (Fsp3) is 0.875. The largest absolute Gasteiger partial charge is 0.382 e. The van der Waals surface area contributed by atoms with E-state index in [-0.39, 0.29) is 11.8 Å². The van der Waals surface area contributed by atoms with E-state index in [4.69, 9.17) is 15.3 Å². The van der Waals surface area contributed by atoms with Crippen LogP contribution >= 0.6 is 0 Å². The number of ether oxygens (including phenoxy) is 1. The first-order chi connectivity index (χ1) is 6.09. The SMILES string of the molecule is COCCONC(=O)[C@H](N)C(C)C. The number of carbonyl (C=O) groups is 1. The number of methoxy groups -OCH3 is 1. The molecule has 0 aromatic heterocycles. The molecule has 5 heteroatoms. The van der Waals surface area contributed by atoms with Crippen LogP contribution < -0.4 is 11.2 Å². The van der Waals surface area contributed by atoms with Crippen molar-refractivity contribution in [1.82, 2.24) is 5.48 Å². The van der Waals surface area contributed by atoms with Gasteiger partial charge in [0.25, 0.3) is 5.91 Å². The molecule has 1 atom stereocenters. The van der Waals surface area contributed by atoms with Crippen LogP contribution in [0.1, 0.15) is 13.8 Å². The zero-order valence-electron chi connectivity index (χ0n) is 8.37. The summed E-state index contributed by atoms with van der Waals surface area (Å²) in [5.74, 6) is -0.197. The van der Waals surface area contributed by atoms with Crippen molar-refractivity contribution < 1.29 is 14.4 Å². The number of nitrogens with two attached hydrogens (primary N) is 1. The fourth-order valence-electron chi connectivity index (χ4n) is 0.618. The summed E-state index contributed by atoms with van der Waals surface area (Å²) < 4.78 is 4.72. The molecule has 13 heavy (non-hydrogen) atoms. The van der Waals surface area contributed by atoms with Crippen LogP contribution in [-0.2, 0) is 14.4 Å². The Kier molecular flexibility index (Phi) is 6.48. The van der Waals surface area contributed by atoms with E-state index in [9.17, 15) is 4.79 Å². The van der Waals surface area contributed by atoms with Crippen molar-refractivity contribution in [2.24, 2.45) is 11.7 Å². The van der Waals surface area contributed by atoms with Crippen molar-refractivity contribution in [2.75, 3.05) is 20.3 Å². The Morgan fingerprint density at radius 1 is 1.46 bits per heavy atom. The predicted molar refractivity (Wildman–Crippen MR) is 48.8 cm³/mol. The molecule has 0 aliphatic rings. The van der Waals surface area contributed by atoms with Crippen LogP contribution in [0.25, 0.3) is 0 Å². The zero-order chi connectivity index (χ0) is 10.3. The molecule has 0 aliphatic carbocycles. The van der Waals surface area contributed by atoms with Crippen LogP contribution in [0.3, 0.4) is 0 Å². The van der Waals surface area contributed by atoms with Crippen LogP contribution in [-0.4, -0.2) is 32.3 Å². The van der Waals surface area contributed by atoms with E-state index >= 15 is 0 Å². The van der Waals surface area contributed by atoms with Gasteiger partial charge in [0.15, 0.2) is 0 Å². The zero-order valence-corrected chi connectivity index (χ0v) is 8.37. The molecule has 0 saturated carbocycles. The first kappa shape index (κ1) is 12.3. The number of rotatable bonds is 6. The minimum atomic E-state index is -0.525. The lowest BCUT2D eigenvalue weighted by Gasteiger charge is -2.14. The van der Waals surface area contributed by atoms with Crippen molar-refractivity contribution in [3.8, 4) is 0 Å². The minimum Gasteiger partial charge on any atom is -0.382 e. The third-order valence-corrected chi connectivity index (χ3v) is 1.58. The highest BCUT2D eigenvalue weighted by Crippen LogP contribution is 1.97. The molecule has 0 bridgehead atoms. The second kappa shape index (κ2) is 6.82. The fourth-order valence-corrected chi connectivity index (χ4v) is 0.618. The van der Waals surface area contributed by atoms with Crippen molar-refractivity contribution in [2.45, 2.75) is 19.9 Å². The molecule has 0 aromatic rings. The van der Waals surface area contributed by atoms with Crippen LogP contribution in [0, 0.1) is 5.92 Å². The third kappa shape index (κ3) is 5.57. The summed E-state index contributed by atoms with van der Waals surface area (Å²) in [5, 5.41) is 0. The predicted octanol–water partition coefficient (Wildman–Crippen LogP) is -0.336. The maximum atomic E-state index is 11.1. The summed E-state index contributed by atoms with van der Waals surface area (Å²) in [4.78, 5) is 15.9. The summed E-state index contributed by atoms with van der Waals surface area (Å²) in [7, 11) is 1.56. The van der Waals surface area contributed by atoms with Gasteiger partial charge >= 0.3 is 0 Å². The number of nitrogens with one attached hydrogen (secondary N) is 1. The second-order valence-electron chi connectivity index (χ2n) is 3.08. The second-order valence-corrected chi connectivity index (χ2v) is 3.08. The van der Waals surface area contributed by atoms with Crippen LogP contribution in [0.5, 0.6) is 0 Å². The molecule has 0 unspecified atom stereocenters. The van der Waals surface area contributed by atoms with Crippen molar-refractivity contribution in [3.05, 3.63) is 0 Å². The number of carbonyl (C=O) groups excluding carboxylic acids is 1. The highest BCUT2D eigenvalue weighted by atomic mass is 16.7. The summed E-state index contributed by atoms with van der Waals surface area (Å²) in [5.41, 5.74) is 7.81. The van der Waals surface area contributed by atoms with Crippen LogP contribution in [0.2, 0.25) is 0 Å². The average Bonchev–Trinajstić information content (AvgIpc) is 2.10. The van der Waals surface area contributed by atoms with Gasteiger partial charge in [-0.3, -0.25) is 9.63 Å². The van der Waals surface area contributed by atoms with Crippen molar-refractivity contribution >= 4 is 5.91 Å². The monoisotopic (exact) mass is 190 g/mol. The smallest absolute Gasteiger partial charge is 0.260 e. The number of hydroxylamine groups is 1. The quantitative estimate of drug-likeness (QED) is 0.444. The van der Waals surface area contributed by atoms with Gasteiger partial charge in [-0.15, -0.1) is 0 Å². The maximum Gasteiger partial charge on any atom is 0.260 e. The van der Waals surface area contributed by atoms with E-state index in [1.807, 2.05) is 13.8 Å². The van der Waals surface area contributed by atoms with Gasteiger partial charge in [-0.05, 0) is 5.92 Å². The lowest BCUT2D eigenvalue weighted by Crippen LogP contribution is -2.44. The normalized spacial score (nSPS) is 13.0. The lowest BCUT2D eigenvalue weighted by molar-refractivity contribution is -0.136. The molecule has 0 spiro atoms.